The van der Waals surface area contributed by atoms with E-state index in [0.29, 0.717) is 12.5 Å². The standard InChI is InChI=1S/C22H30ClN5O/c1-14(16-6-7-16)27-20(29)22(23)12-26-15(2)18(17-5-4-9-25-11-17)19(22)28-10-8-21(3,24)13-28/h4-5,9,11-12,14,16,19H,6-8,10,13,24H2,1-3H3,(H,27,29)/t14?,19?,21-,22?/m0/s1. The van der Waals surface area contributed by atoms with Crippen LogP contribution in [0.2, 0.25) is 0 Å². The van der Waals surface area contributed by atoms with Gasteiger partial charge in [-0.3, -0.25) is 19.7 Å². The Morgan fingerprint density at radius 2 is 2.21 bits per heavy atom. The molecule has 6 nitrogen and oxygen atoms in total. The average molecular weight is 416 g/mol. The van der Waals surface area contributed by atoms with Crippen molar-refractivity contribution in [3.63, 3.8) is 0 Å². The smallest absolute Gasteiger partial charge is 0.248 e. The molecule has 2 fully saturated rings. The Morgan fingerprint density at radius 3 is 2.79 bits per heavy atom. The Balaban J connectivity index is 1.74. The third kappa shape index (κ3) is 3.98. The molecule has 0 aromatic carbocycles. The summed E-state index contributed by atoms with van der Waals surface area (Å²) < 4.78 is 0. The number of hydrogen-bond acceptors (Lipinski definition) is 5. The van der Waals surface area contributed by atoms with Crippen molar-refractivity contribution in [2.24, 2.45) is 16.6 Å². The molecule has 3 aliphatic rings. The van der Waals surface area contributed by atoms with Crippen LogP contribution in [0.1, 0.15) is 45.6 Å². The van der Waals surface area contributed by atoms with E-state index in [2.05, 4.69) is 34.0 Å². The third-order valence-electron chi connectivity index (χ3n) is 6.42. The van der Waals surface area contributed by atoms with Crippen LogP contribution < -0.4 is 11.1 Å². The fraction of sp³-hybridized carbons (Fsp3) is 0.591. The monoisotopic (exact) mass is 415 g/mol. The van der Waals surface area contributed by atoms with Gasteiger partial charge in [-0.25, -0.2) is 0 Å². The minimum Gasteiger partial charge on any atom is -0.351 e. The van der Waals surface area contributed by atoms with Gasteiger partial charge in [0.05, 0.1) is 6.04 Å². The fourth-order valence-corrected chi connectivity index (χ4v) is 4.88. The predicted molar refractivity (Wildman–Crippen MR) is 117 cm³/mol. The van der Waals surface area contributed by atoms with Crippen molar-refractivity contribution in [3.05, 3.63) is 35.8 Å². The van der Waals surface area contributed by atoms with Gasteiger partial charge in [0.15, 0.2) is 4.87 Å². The summed E-state index contributed by atoms with van der Waals surface area (Å²) in [6, 6.07) is 3.65. The van der Waals surface area contributed by atoms with Crippen LogP contribution in [-0.4, -0.2) is 57.6 Å². The first-order chi connectivity index (χ1) is 13.7. The molecule has 1 aliphatic carbocycles. The van der Waals surface area contributed by atoms with Crippen LogP contribution >= 0.6 is 11.6 Å². The lowest BCUT2D eigenvalue weighted by atomic mass is 9.83. The van der Waals surface area contributed by atoms with E-state index in [1.54, 1.807) is 12.4 Å². The normalized spacial score (nSPS) is 33.8. The van der Waals surface area contributed by atoms with Crippen LogP contribution in [-0.2, 0) is 4.79 Å². The number of nitrogens with two attached hydrogens (primary N) is 1. The Morgan fingerprint density at radius 1 is 1.45 bits per heavy atom. The van der Waals surface area contributed by atoms with E-state index >= 15 is 0 Å². The molecule has 1 aromatic rings. The topological polar surface area (TPSA) is 83.6 Å². The van der Waals surface area contributed by atoms with Gasteiger partial charge in [0.1, 0.15) is 0 Å². The molecule has 4 rings (SSSR count). The number of halogens is 1. The predicted octanol–water partition coefficient (Wildman–Crippen LogP) is 2.58. The number of allylic oxidation sites excluding steroid dienone is 1. The number of pyridine rings is 1. The second kappa shape index (κ2) is 7.49. The van der Waals surface area contributed by atoms with E-state index in [1.165, 1.54) is 0 Å². The lowest BCUT2D eigenvalue weighted by molar-refractivity contribution is -0.123. The number of nitrogens with one attached hydrogen (secondary N) is 1. The molecule has 4 atom stereocenters. The maximum absolute atomic E-state index is 13.4. The number of carbonyl (C=O) groups is 1. The number of rotatable bonds is 5. The van der Waals surface area contributed by atoms with E-state index < -0.39 is 4.87 Å². The highest BCUT2D eigenvalue weighted by molar-refractivity contribution is 6.45. The van der Waals surface area contributed by atoms with Gasteiger partial charge >= 0.3 is 0 Å². The van der Waals surface area contributed by atoms with Crippen molar-refractivity contribution >= 4 is 29.3 Å². The van der Waals surface area contributed by atoms with Crippen LogP contribution in [0, 0.1) is 5.92 Å². The van der Waals surface area contributed by atoms with Crippen LogP contribution in [0.25, 0.3) is 5.57 Å². The summed E-state index contributed by atoms with van der Waals surface area (Å²) in [5, 5.41) is 3.15. The minimum atomic E-state index is -1.30. The first kappa shape index (κ1) is 20.5. The van der Waals surface area contributed by atoms with Crippen molar-refractivity contribution in [1.82, 2.24) is 15.2 Å². The van der Waals surface area contributed by atoms with Crippen molar-refractivity contribution < 1.29 is 4.79 Å². The van der Waals surface area contributed by atoms with Crippen LogP contribution in [0.4, 0.5) is 0 Å². The molecule has 1 saturated heterocycles. The van der Waals surface area contributed by atoms with Gasteiger partial charge in [-0.2, -0.15) is 0 Å². The highest BCUT2D eigenvalue weighted by Gasteiger charge is 2.53. The summed E-state index contributed by atoms with van der Waals surface area (Å²) >= 11 is 7.15. The number of nitrogens with zero attached hydrogens (tertiary/aromatic N) is 3. The molecule has 3 heterocycles. The lowest BCUT2D eigenvalue weighted by Crippen LogP contribution is -2.61. The van der Waals surface area contributed by atoms with Crippen LogP contribution in [0.3, 0.4) is 0 Å². The third-order valence-corrected chi connectivity index (χ3v) is 6.89. The Bertz CT molecular complexity index is 848. The summed E-state index contributed by atoms with van der Waals surface area (Å²) in [6.45, 7) is 7.52. The molecule has 0 radical (unpaired) electrons. The Labute approximate surface area is 177 Å². The number of aliphatic imine (C=N–C) groups is 1. The molecule has 0 spiro atoms. The van der Waals surface area contributed by atoms with Gasteiger partial charge in [0.2, 0.25) is 5.91 Å². The summed E-state index contributed by atoms with van der Waals surface area (Å²) in [5.74, 6) is 0.360. The number of aromatic nitrogens is 1. The van der Waals surface area contributed by atoms with Gasteiger partial charge in [-0.05, 0) is 57.6 Å². The summed E-state index contributed by atoms with van der Waals surface area (Å²) in [7, 11) is 0. The zero-order valence-electron chi connectivity index (χ0n) is 17.4. The zero-order valence-corrected chi connectivity index (χ0v) is 18.1. The molecule has 3 unspecified atom stereocenters. The molecule has 1 saturated carbocycles. The molecular weight excluding hydrogens is 386 g/mol. The van der Waals surface area contributed by atoms with E-state index in [9.17, 15) is 4.79 Å². The molecule has 7 heteroatoms. The maximum Gasteiger partial charge on any atom is 0.248 e. The number of alkyl halides is 1. The highest BCUT2D eigenvalue weighted by atomic mass is 35.5. The zero-order chi connectivity index (χ0) is 20.8. The molecule has 156 valence electrons. The Hall–Kier alpha value is -1.76. The molecule has 2 aliphatic heterocycles. The molecule has 29 heavy (non-hydrogen) atoms. The van der Waals surface area contributed by atoms with Gasteiger partial charge < -0.3 is 11.1 Å². The maximum atomic E-state index is 13.4. The SMILES string of the molecule is CC1=C(c2cccnc2)C(N2CC[C@](C)(N)C2)C(Cl)(C(=O)NC(C)C2CC2)C=N1. The fourth-order valence-electron chi connectivity index (χ4n) is 4.53. The largest absolute Gasteiger partial charge is 0.351 e. The molecule has 0 bridgehead atoms. The van der Waals surface area contributed by atoms with E-state index in [1.807, 2.05) is 25.3 Å². The molecule has 1 aromatic heterocycles. The second-order valence-corrected chi connectivity index (χ2v) is 9.77. The second-order valence-electron chi connectivity index (χ2n) is 9.14. The first-order valence-electron chi connectivity index (χ1n) is 10.4. The summed E-state index contributed by atoms with van der Waals surface area (Å²) in [4.78, 5) is 23.2. The molecule has 3 N–H and O–H groups in total. The minimum absolute atomic E-state index is 0.111. The van der Waals surface area contributed by atoms with E-state index in [4.69, 9.17) is 17.3 Å². The average Bonchev–Trinajstić information content (AvgIpc) is 3.47. The van der Waals surface area contributed by atoms with Crippen molar-refractivity contribution in [2.45, 2.75) is 62.5 Å². The number of hydrogen-bond donors (Lipinski definition) is 2. The van der Waals surface area contributed by atoms with Crippen molar-refractivity contribution in [2.75, 3.05) is 13.1 Å². The van der Waals surface area contributed by atoms with Crippen molar-refractivity contribution in [3.8, 4) is 0 Å². The number of likely N-dealkylation sites (tertiary alicyclic amines) is 1. The van der Waals surface area contributed by atoms with Gasteiger partial charge in [-0.1, -0.05) is 6.07 Å². The number of amides is 1. The quantitative estimate of drug-likeness (QED) is 0.724. The molecular formula is C22H30ClN5O. The van der Waals surface area contributed by atoms with Gasteiger partial charge in [-0.15, -0.1) is 11.6 Å². The van der Waals surface area contributed by atoms with Crippen molar-refractivity contribution in [1.29, 1.82) is 0 Å². The van der Waals surface area contributed by atoms with E-state index in [-0.39, 0.29) is 23.5 Å². The molecule has 1 amide bonds. The van der Waals surface area contributed by atoms with Crippen LogP contribution in [0.15, 0.2) is 35.2 Å². The number of carbonyl (C=O) groups excluding carboxylic acids is 1. The summed E-state index contributed by atoms with van der Waals surface area (Å²) in [6.07, 6.45) is 8.35. The highest BCUT2D eigenvalue weighted by Crippen LogP contribution is 2.42. The van der Waals surface area contributed by atoms with E-state index in [0.717, 1.165) is 42.6 Å². The lowest BCUT2D eigenvalue weighted by Gasteiger charge is -2.42. The summed E-state index contributed by atoms with van der Waals surface area (Å²) in [5.41, 5.74) is 8.87. The van der Waals surface area contributed by atoms with Gasteiger partial charge in [0, 0.05) is 54.5 Å². The van der Waals surface area contributed by atoms with Crippen LogP contribution in [0.5, 0.6) is 0 Å². The van der Waals surface area contributed by atoms with Gasteiger partial charge in [0.25, 0.3) is 0 Å². The Kier molecular flexibility index (Phi) is 5.30. The first-order valence-corrected chi connectivity index (χ1v) is 10.8.